The topological polar surface area (TPSA) is 35.6 Å². The van der Waals surface area contributed by atoms with E-state index in [0.717, 1.165) is 25.2 Å². The van der Waals surface area contributed by atoms with Gasteiger partial charge in [0.1, 0.15) is 6.17 Å². The van der Waals surface area contributed by atoms with Crippen molar-refractivity contribution in [3.63, 3.8) is 0 Å². The molecule has 2 aromatic rings. The SMILES string of the molecule is CN(C(=O)c1ccccc1)C1CN(c2ccccc2)CCN1. The van der Waals surface area contributed by atoms with Gasteiger partial charge in [-0.15, -0.1) is 0 Å². The molecule has 0 aromatic heterocycles. The lowest BCUT2D eigenvalue weighted by molar-refractivity contribution is 0.0696. The largest absolute Gasteiger partial charge is 0.367 e. The highest BCUT2D eigenvalue weighted by Gasteiger charge is 2.26. The molecule has 0 spiro atoms. The van der Waals surface area contributed by atoms with Crippen LogP contribution < -0.4 is 10.2 Å². The van der Waals surface area contributed by atoms with E-state index in [4.69, 9.17) is 0 Å². The number of likely N-dealkylation sites (N-methyl/N-ethyl adjacent to an activating group) is 1. The Morgan fingerprint density at radius 3 is 2.41 bits per heavy atom. The van der Waals surface area contributed by atoms with Gasteiger partial charge in [0.05, 0.1) is 6.54 Å². The van der Waals surface area contributed by atoms with E-state index in [0.29, 0.717) is 0 Å². The number of nitrogens with zero attached hydrogens (tertiary/aromatic N) is 2. The number of hydrogen-bond donors (Lipinski definition) is 1. The number of nitrogens with one attached hydrogen (secondary N) is 1. The maximum atomic E-state index is 12.6. The summed E-state index contributed by atoms with van der Waals surface area (Å²) >= 11 is 0. The van der Waals surface area contributed by atoms with E-state index in [1.165, 1.54) is 5.69 Å². The van der Waals surface area contributed by atoms with Crippen LogP contribution in [0.2, 0.25) is 0 Å². The molecular weight excluding hydrogens is 274 g/mol. The van der Waals surface area contributed by atoms with Gasteiger partial charge in [-0.25, -0.2) is 0 Å². The molecule has 3 rings (SSSR count). The van der Waals surface area contributed by atoms with Crippen LogP contribution in [0.1, 0.15) is 10.4 Å². The summed E-state index contributed by atoms with van der Waals surface area (Å²) in [6, 6.07) is 19.8. The molecule has 1 amide bonds. The summed E-state index contributed by atoms with van der Waals surface area (Å²) in [6.07, 6.45) is 0.0154. The summed E-state index contributed by atoms with van der Waals surface area (Å²) in [4.78, 5) is 16.7. The van der Waals surface area contributed by atoms with Gasteiger partial charge in [0.2, 0.25) is 0 Å². The van der Waals surface area contributed by atoms with Gasteiger partial charge in [-0.05, 0) is 24.3 Å². The van der Waals surface area contributed by atoms with Gasteiger partial charge >= 0.3 is 0 Å². The minimum atomic E-state index is 0.0154. The highest BCUT2D eigenvalue weighted by atomic mass is 16.2. The second-order valence-electron chi connectivity index (χ2n) is 5.53. The van der Waals surface area contributed by atoms with Crippen molar-refractivity contribution in [1.82, 2.24) is 10.2 Å². The maximum absolute atomic E-state index is 12.6. The predicted octanol–water partition coefficient (Wildman–Crippen LogP) is 2.19. The van der Waals surface area contributed by atoms with E-state index in [-0.39, 0.29) is 12.1 Å². The van der Waals surface area contributed by atoms with Gasteiger partial charge < -0.3 is 9.80 Å². The van der Waals surface area contributed by atoms with Crippen molar-refractivity contribution < 1.29 is 4.79 Å². The van der Waals surface area contributed by atoms with Crippen LogP contribution in [0.4, 0.5) is 5.69 Å². The number of carbonyl (C=O) groups excluding carboxylic acids is 1. The predicted molar refractivity (Wildman–Crippen MR) is 89.0 cm³/mol. The molecule has 0 aliphatic carbocycles. The van der Waals surface area contributed by atoms with Crippen molar-refractivity contribution in [2.45, 2.75) is 6.17 Å². The lowest BCUT2D eigenvalue weighted by Crippen LogP contribution is -2.58. The van der Waals surface area contributed by atoms with Crippen molar-refractivity contribution in [3.05, 3.63) is 66.2 Å². The van der Waals surface area contributed by atoms with Crippen LogP contribution in [0.3, 0.4) is 0 Å². The Hall–Kier alpha value is -2.33. The first-order valence-corrected chi connectivity index (χ1v) is 7.61. The summed E-state index contributed by atoms with van der Waals surface area (Å²) in [7, 11) is 1.86. The molecule has 1 fully saturated rings. The van der Waals surface area contributed by atoms with Crippen LogP contribution in [0.5, 0.6) is 0 Å². The number of rotatable bonds is 3. The molecule has 1 atom stereocenters. The smallest absolute Gasteiger partial charge is 0.254 e. The zero-order valence-corrected chi connectivity index (χ0v) is 12.8. The first-order valence-electron chi connectivity index (χ1n) is 7.61. The van der Waals surface area contributed by atoms with Crippen LogP contribution in [0.25, 0.3) is 0 Å². The van der Waals surface area contributed by atoms with Gasteiger partial charge in [-0.1, -0.05) is 36.4 Å². The summed E-state index contributed by atoms with van der Waals surface area (Å²) in [5, 5.41) is 3.43. The fourth-order valence-corrected chi connectivity index (χ4v) is 2.79. The molecule has 1 N–H and O–H groups in total. The maximum Gasteiger partial charge on any atom is 0.254 e. The molecule has 22 heavy (non-hydrogen) atoms. The van der Waals surface area contributed by atoms with Crippen molar-refractivity contribution >= 4 is 11.6 Å². The first kappa shape index (κ1) is 14.6. The average Bonchev–Trinajstić information content (AvgIpc) is 2.62. The molecule has 114 valence electrons. The second-order valence-corrected chi connectivity index (χ2v) is 5.53. The number of para-hydroxylation sites is 1. The molecule has 1 aliphatic heterocycles. The normalized spacial score (nSPS) is 18.0. The van der Waals surface area contributed by atoms with Crippen LogP contribution in [0, 0.1) is 0 Å². The molecule has 0 radical (unpaired) electrons. The van der Waals surface area contributed by atoms with Crippen LogP contribution in [0.15, 0.2) is 60.7 Å². The zero-order valence-electron chi connectivity index (χ0n) is 12.8. The standard InChI is InChI=1S/C18H21N3O/c1-20(18(22)15-8-4-2-5-9-15)17-14-21(13-12-19-17)16-10-6-3-7-11-16/h2-11,17,19H,12-14H2,1H3. The molecule has 4 heteroatoms. The van der Waals surface area contributed by atoms with Crippen LogP contribution in [-0.2, 0) is 0 Å². The summed E-state index contributed by atoms with van der Waals surface area (Å²) < 4.78 is 0. The third kappa shape index (κ3) is 3.12. The van der Waals surface area contributed by atoms with Gasteiger partial charge in [0, 0.05) is 31.4 Å². The molecule has 1 unspecified atom stereocenters. The van der Waals surface area contributed by atoms with E-state index in [1.54, 1.807) is 4.90 Å². The van der Waals surface area contributed by atoms with Gasteiger partial charge in [-0.2, -0.15) is 0 Å². The Kier molecular flexibility index (Phi) is 4.39. The summed E-state index contributed by atoms with van der Waals surface area (Å²) in [6.45, 7) is 2.61. The van der Waals surface area contributed by atoms with E-state index < -0.39 is 0 Å². The minimum Gasteiger partial charge on any atom is -0.367 e. The second kappa shape index (κ2) is 6.62. The Bertz CT molecular complexity index is 615. The fraction of sp³-hybridized carbons (Fsp3) is 0.278. The number of amides is 1. The lowest BCUT2D eigenvalue weighted by Gasteiger charge is -2.39. The van der Waals surface area contributed by atoms with Gasteiger partial charge in [0.25, 0.3) is 5.91 Å². The Morgan fingerprint density at radius 1 is 1.09 bits per heavy atom. The number of benzene rings is 2. The molecule has 1 aliphatic rings. The molecule has 0 saturated carbocycles. The van der Waals surface area contributed by atoms with Crippen LogP contribution in [-0.4, -0.2) is 43.7 Å². The molecular formula is C18H21N3O. The Labute approximate surface area is 131 Å². The number of carbonyl (C=O) groups is 1. The quantitative estimate of drug-likeness (QED) is 0.943. The summed E-state index contributed by atoms with van der Waals surface area (Å²) in [5.41, 5.74) is 1.93. The number of anilines is 1. The Morgan fingerprint density at radius 2 is 1.73 bits per heavy atom. The van der Waals surface area contributed by atoms with E-state index in [2.05, 4.69) is 22.3 Å². The molecule has 2 aromatic carbocycles. The van der Waals surface area contributed by atoms with Crippen LogP contribution >= 0.6 is 0 Å². The molecule has 1 heterocycles. The first-order chi connectivity index (χ1) is 10.8. The lowest BCUT2D eigenvalue weighted by atomic mass is 10.2. The molecule has 1 saturated heterocycles. The monoisotopic (exact) mass is 295 g/mol. The third-order valence-electron chi connectivity index (χ3n) is 4.08. The third-order valence-corrected chi connectivity index (χ3v) is 4.08. The summed E-state index contributed by atoms with van der Waals surface area (Å²) in [5.74, 6) is 0.0491. The number of hydrogen-bond acceptors (Lipinski definition) is 3. The minimum absolute atomic E-state index is 0.0154. The van der Waals surface area contributed by atoms with E-state index in [9.17, 15) is 4.79 Å². The van der Waals surface area contributed by atoms with Crippen molar-refractivity contribution in [3.8, 4) is 0 Å². The zero-order chi connectivity index (χ0) is 15.4. The highest BCUT2D eigenvalue weighted by Crippen LogP contribution is 2.16. The van der Waals surface area contributed by atoms with Crippen molar-refractivity contribution in [2.75, 3.05) is 31.6 Å². The molecule has 4 nitrogen and oxygen atoms in total. The highest BCUT2D eigenvalue weighted by molar-refractivity contribution is 5.94. The van der Waals surface area contributed by atoms with Crippen molar-refractivity contribution in [1.29, 1.82) is 0 Å². The van der Waals surface area contributed by atoms with Gasteiger partial charge in [0.15, 0.2) is 0 Å². The van der Waals surface area contributed by atoms with E-state index in [1.807, 2.05) is 55.6 Å². The molecule has 0 bridgehead atoms. The van der Waals surface area contributed by atoms with E-state index >= 15 is 0 Å². The average molecular weight is 295 g/mol. The Balaban J connectivity index is 1.70. The van der Waals surface area contributed by atoms with Crippen molar-refractivity contribution in [2.24, 2.45) is 0 Å². The number of piperazine rings is 1. The van der Waals surface area contributed by atoms with Gasteiger partial charge in [-0.3, -0.25) is 10.1 Å². The fourth-order valence-electron chi connectivity index (χ4n) is 2.79.